The van der Waals surface area contributed by atoms with E-state index in [1.807, 2.05) is 42.5 Å². The summed E-state index contributed by atoms with van der Waals surface area (Å²) in [6.45, 7) is 0. The van der Waals surface area contributed by atoms with Gasteiger partial charge in [-0.05, 0) is 64.9 Å². The minimum absolute atomic E-state index is 0.307. The molecule has 0 aliphatic heterocycles. The highest BCUT2D eigenvalue weighted by Gasteiger charge is 2.12. The van der Waals surface area contributed by atoms with E-state index < -0.39 is 5.97 Å². The van der Waals surface area contributed by atoms with Crippen LogP contribution in [0.3, 0.4) is 0 Å². The molecule has 0 fully saturated rings. The van der Waals surface area contributed by atoms with Crippen molar-refractivity contribution in [3.63, 3.8) is 0 Å². The molecule has 1 N–H and O–H groups in total. The number of fused-ring (bicyclic) bond motifs is 1. The van der Waals surface area contributed by atoms with Crippen molar-refractivity contribution in [3.05, 3.63) is 112 Å². The summed E-state index contributed by atoms with van der Waals surface area (Å²) in [5, 5.41) is 5.80. The molecule has 152 valence electrons. The number of amides is 1. The number of nitrogens with one attached hydrogen (secondary N) is 1. The van der Waals surface area contributed by atoms with Crippen molar-refractivity contribution in [2.45, 2.75) is 0 Å². The standard InChI is InChI=1S/C25H17BrN2O3/c26-20-8-3-7-19(15-20)24(29)28-27-16-17-11-13-21(14-12-17)31-25(30)23-10-4-6-18-5-1-2-9-22(18)23/h1-16H,(H,28,29). The Bertz CT molecular complexity index is 1280. The number of esters is 1. The highest BCUT2D eigenvalue weighted by molar-refractivity contribution is 9.10. The third-order valence-electron chi connectivity index (χ3n) is 4.57. The van der Waals surface area contributed by atoms with Gasteiger partial charge in [-0.3, -0.25) is 4.79 Å². The lowest BCUT2D eigenvalue weighted by Gasteiger charge is -2.07. The largest absolute Gasteiger partial charge is 0.423 e. The van der Waals surface area contributed by atoms with Gasteiger partial charge >= 0.3 is 5.97 Å². The molecule has 31 heavy (non-hydrogen) atoms. The van der Waals surface area contributed by atoms with Crippen LogP contribution >= 0.6 is 15.9 Å². The second-order valence-corrected chi connectivity index (χ2v) is 7.61. The van der Waals surface area contributed by atoms with Gasteiger partial charge in [0.15, 0.2) is 0 Å². The fourth-order valence-electron chi connectivity index (χ4n) is 3.05. The van der Waals surface area contributed by atoms with E-state index in [1.165, 1.54) is 6.21 Å². The van der Waals surface area contributed by atoms with Gasteiger partial charge in [0.25, 0.3) is 5.91 Å². The first-order chi connectivity index (χ1) is 15.1. The SMILES string of the molecule is O=C(NN=Cc1ccc(OC(=O)c2cccc3ccccc23)cc1)c1cccc(Br)c1. The Morgan fingerprint density at radius 3 is 2.42 bits per heavy atom. The lowest BCUT2D eigenvalue weighted by Crippen LogP contribution is -2.17. The van der Waals surface area contributed by atoms with Crippen LogP contribution in [0.1, 0.15) is 26.3 Å². The van der Waals surface area contributed by atoms with Crippen LogP contribution in [0, 0.1) is 0 Å². The van der Waals surface area contributed by atoms with Gasteiger partial charge < -0.3 is 4.74 Å². The maximum absolute atomic E-state index is 12.6. The summed E-state index contributed by atoms with van der Waals surface area (Å²) in [6.07, 6.45) is 1.52. The fraction of sp³-hybridized carbons (Fsp3) is 0. The molecule has 1 amide bonds. The first kappa shape index (κ1) is 20.5. The Morgan fingerprint density at radius 2 is 1.61 bits per heavy atom. The summed E-state index contributed by atoms with van der Waals surface area (Å²) < 4.78 is 6.34. The molecule has 0 aromatic heterocycles. The monoisotopic (exact) mass is 472 g/mol. The van der Waals surface area contributed by atoms with Crippen LogP contribution in [0.2, 0.25) is 0 Å². The van der Waals surface area contributed by atoms with Crippen LogP contribution < -0.4 is 10.2 Å². The van der Waals surface area contributed by atoms with E-state index in [1.54, 1.807) is 48.5 Å². The van der Waals surface area contributed by atoms with E-state index in [9.17, 15) is 9.59 Å². The average Bonchev–Trinajstić information content (AvgIpc) is 2.79. The van der Waals surface area contributed by atoms with Gasteiger partial charge in [0.05, 0.1) is 11.8 Å². The van der Waals surface area contributed by atoms with Crippen molar-refractivity contribution < 1.29 is 14.3 Å². The highest BCUT2D eigenvalue weighted by Crippen LogP contribution is 2.21. The summed E-state index contributed by atoms with van der Waals surface area (Å²) in [6, 6.07) is 27.1. The molecule has 5 nitrogen and oxygen atoms in total. The number of hydrogen-bond donors (Lipinski definition) is 1. The Balaban J connectivity index is 1.39. The van der Waals surface area contributed by atoms with Gasteiger partial charge in [0.2, 0.25) is 0 Å². The topological polar surface area (TPSA) is 67.8 Å². The molecule has 0 spiro atoms. The predicted molar refractivity (Wildman–Crippen MR) is 125 cm³/mol. The number of halogens is 1. The molecule has 0 radical (unpaired) electrons. The number of hydrogen-bond acceptors (Lipinski definition) is 4. The maximum Gasteiger partial charge on any atom is 0.344 e. The van der Waals surface area contributed by atoms with Crippen LogP contribution in [0.4, 0.5) is 0 Å². The van der Waals surface area contributed by atoms with Crippen LogP contribution in [0.25, 0.3) is 10.8 Å². The predicted octanol–water partition coefficient (Wildman–Crippen LogP) is 5.59. The Kier molecular flexibility index (Phi) is 6.19. The van der Waals surface area contributed by atoms with E-state index in [-0.39, 0.29) is 5.91 Å². The van der Waals surface area contributed by atoms with Crippen molar-refractivity contribution in [1.29, 1.82) is 0 Å². The van der Waals surface area contributed by atoms with Gasteiger partial charge in [-0.1, -0.05) is 58.4 Å². The summed E-state index contributed by atoms with van der Waals surface area (Å²) in [7, 11) is 0. The number of ether oxygens (including phenoxy) is 1. The Labute approximate surface area is 187 Å². The smallest absolute Gasteiger partial charge is 0.344 e. The summed E-state index contributed by atoms with van der Waals surface area (Å²) >= 11 is 3.33. The normalized spacial score (nSPS) is 10.9. The van der Waals surface area contributed by atoms with Crippen molar-refractivity contribution in [3.8, 4) is 5.75 Å². The quantitative estimate of drug-likeness (QED) is 0.178. The summed E-state index contributed by atoms with van der Waals surface area (Å²) in [4.78, 5) is 24.7. The first-order valence-electron chi connectivity index (χ1n) is 9.49. The molecule has 0 saturated carbocycles. The third kappa shape index (κ3) is 5.05. The molecule has 6 heteroatoms. The molecule has 4 aromatic carbocycles. The van der Waals surface area contributed by atoms with E-state index in [4.69, 9.17) is 4.74 Å². The van der Waals surface area contributed by atoms with Crippen molar-refractivity contribution >= 4 is 44.8 Å². The van der Waals surface area contributed by atoms with E-state index in [2.05, 4.69) is 26.5 Å². The number of benzene rings is 4. The first-order valence-corrected chi connectivity index (χ1v) is 10.3. The minimum Gasteiger partial charge on any atom is -0.423 e. The Morgan fingerprint density at radius 1 is 0.871 bits per heavy atom. The van der Waals surface area contributed by atoms with Crippen molar-refractivity contribution in [1.82, 2.24) is 5.43 Å². The zero-order chi connectivity index (χ0) is 21.6. The molecule has 0 unspecified atom stereocenters. The highest BCUT2D eigenvalue weighted by atomic mass is 79.9. The molecule has 0 aliphatic rings. The lowest BCUT2D eigenvalue weighted by atomic mass is 10.0. The van der Waals surface area contributed by atoms with Crippen LogP contribution in [0.5, 0.6) is 5.75 Å². The molecule has 0 bridgehead atoms. The van der Waals surface area contributed by atoms with Gasteiger partial charge in [-0.25, -0.2) is 10.2 Å². The summed E-state index contributed by atoms with van der Waals surface area (Å²) in [5.41, 5.74) is 4.25. The number of carbonyl (C=O) groups excluding carboxylic acids is 2. The summed E-state index contributed by atoms with van der Waals surface area (Å²) in [5.74, 6) is -0.300. The minimum atomic E-state index is -0.417. The molecular formula is C25H17BrN2O3. The zero-order valence-corrected chi connectivity index (χ0v) is 17.9. The van der Waals surface area contributed by atoms with Crippen molar-refractivity contribution in [2.75, 3.05) is 0 Å². The molecular weight excluding hydrogens is 456 g/mol. The third-order valence-corrected chi connectivity index (χ3v) is 5.06. The molecule has 4 rings (SSSR count). The molecule has 4 aromatic rings. The van der Waals surface area contributed by atoms with Gasteiger partial charge in [-0.15, -0.1) is 0 Å². The number of hydrazone groups is 1. The van der Waals surface area contributed by atoms with E-state index in [0.717, 1.165) is 20.8 Å². The van der Waals surface area contributed by atoms with Gasteiger partial charge in [0.1, 0.15) is 5.75 Å². The molecule has 0 heterocycles. The molecule has 0 saturated heterocycles. The van der Waals surface area contributed by atoms with E-state index >= 15 is 0 Å². The van der Waals surface area contributed by atoms with Crippen LogP contribution in [-0.2, 0) is 0 Å². The van der Waals surface area contributed by atoms with E-state index in [0.29, 0.717) is 16.9 Å². The van der Waals surface area contributed by atoms with Crippen molar-refractivity contribution in [2.24, 2.45) is 5.10 Å². The van der Waals surface area contributed by atoms with Gasteiger partial charge in [0, 0.05) is 10.0 Å². The second-order valence-electron chi connectivity index (χ2n) is 6.69. The van der Waals surface area contributed by atoms with Gasteiger partial charge in [-0.2, -0.15) is 5.10 Å². The number of nitrogens with zero attached hydrogens (tertiary/aromatic N) is 1. The van der Waals surface area contributed by atoms with Crippen LogP contribution in [-0.4, -0.2) is 18.1 Å². The fourth-order valence-corrected chi connectivity index (χ4v) is 3.45. The second kappa shape index (κ2) is 9.36. The van der Waals surface area contributed by atoms with Crippen LogP contribution in [0.15, 0.2) is 101 Å². The average molecular weight is 473 g/mol. The lowest BCUT2D eigenvalue weighted by molar-refractivity contribution is 0.0736. The molecule has 0 aliphatic carbocycles. The molecule has 0 atom stereocenters. The Hall–Kier alpha value is -3.77. The number of carbonyl (C=O) groups is 2. The number of rotatable bonds is 5. The zero-order valence-electron chi connectivity index (χ0n) is 16.3. The maximum atomic E-state index is 12.6.